The van der Waals surface area contributed by atoms with Crippen molar-refractivity contribution in [3.05, 3.63) is 81.7 Å². The van der Waals surface area contributed by atoms with Crippen molar-refractivity contribution in [3.8, 4) is 0 Å². The summed E-state index contributed by atoms with van der Waals surface area (Å²) in [4.78, 5) is 32.6. The molecule has 2 aliphatic heterocycles. The van der Waals surface area contributed by atoms with Gasteiger partial charge >= 0.3 is 0 Å². The van der Waals surface area contributed by atoms with Crippen LogP contribution >= 0.6 is 11.3 Å². The summed E-state index contributed by atoms with van der Waals surface area (Å²) in [6.07, 6.45) is 0.704. The molecule has 0 saturated carbocycles. The van der Waals surface area contributed by atoms with Crippen molar-refractivity contribution in [1.82, 2.24) is 14.1 Å². The fourth-order valence-corrected chi connectivity index (χ4v) is 8.20. The van der Waals surface area contributed by atoms with Gasteiger partial charge in [0, 0.05) is 70.5 Å². The van der Waals surface area contributed by atoms with Gasteiger partial charge in [-0.3, -0.25) is 14.5 Å². The molecule has 2 amide bonds. The SMILES string of the molecule is COCCN(CCOC)S(=O)(=O)c1ccc(C(=O)Nc2sc3c(c2C(=O)N2CCOCC2)CCN(Cc2ccccc2)C3)cc1. The number of hydrogen-bond acceptors (Lipinski definition) is 9. The molecule has 0 radical (unpaired) electrons. The number of benzene rings is 2. The number of thiophene rings is 1. The molecule has 242 valence electrons. The first-order valence-corrected chi connectivity index (χ1v) is 17.2. The van der Waals surface area contributed by atoms with E-state index in [1.165, 1.54) is 59.7 Å². The van der Waals surface area contributed by atoms with E-state index in [9.17, 15) is 18.0 Å². The third-order valence-electron chi connectivity index (χ3n) is 7.97. The number of morpholine rings is 1. The summed E-state index contributed by atoms with van der Waals surface area (Å²) in [5.74, 6) is -0.512. The summed E-state index contributed by atoms with van der Waals surface area (Å²) < 4.78 is 43.5. The molecule has 11 nitrogen and oxygen atoms in total. The minimum Gasteiger partial charge on any atom is -0.383 e. The Kier molecular flexibility index (Phi) is 11.4. The smallest absolute Gasteiger partial charge is 0.257 e. The Balaban J connectivity index is 1.37. The molecule has 13 heteroatoms. The summed E-state index contributed by atoms with van der Waals surface area (Å²) in [7, 11) is -0.803. The number of carbonyl (C=O) groups is 2. The number of anilines is 1. The molecule has 0 unspecified atom stereocenters. The van der Waals surface area contributed by atoms with Crippen LogP contribution in [0.2, 0.25) is 0 Å². The van der Waals surface area contributed by atoms with Crippen LogP contribution in [0.5, 0.6) is 0 Å². The number of amides is 2. The van der Waals surface area contributed by atoms with Gasteiger partial charge in [-0.2, -0.15) is 4.31 Å². The van der Waals surface area contributed by atoms with Gasteiger partial charge in [-0.05, 0) is 41.8 Å². The number of ether oxygens (including phenoxy) is 3. The summed E-state index contributed by atoms with van der Waals surface area (Å²) in [6, 6.07) is 16.1. The Morgan fingerprint density at radius 3 is 2.27 bits per heavy atom. The lowest BCUT2D eigenvalue weighted by Gasteiger charge is -2.29. The average Bonchev–Trinajstić information content (AvgIpc) is 3.42. The van der Waals surface area contributed by atoms with Crippen LogP contribution in [-0.2, 0) is 43.7 Å². The summed E-state index contributed by atoms with van der Waals surface area (Å²) >= 11 is 1.44. The zero-order valence-electron chi connectivity index (χ0n) is 25.7. The number of nitrogens with zero attached hydrogens (tertiary/aromatic N) is 3. The quantitative estimate of drug-likeness (QED) is 0.298. The van der Waals surface area contributed by atoms with Crippen LogP contribution in [0.4, 0.5) is 5.00 Å². The molecular formula is C32H40N4O7S2. The predicted octanol–water partition coefficient (Wildman–Crippen LogP) is 3.31. The molecule has 0 spiro atoms. The zero-order valence-corrected chi connectivity index (χ0v) is 27.3. The van der Waals surface area contributed by atoms with Gasteiger partial charge in [0.15, 0.2) is 0 Å². The second kappa shape index (κ2) is 15.4. The first-order chi connectivity index (χ1) is 21.8. The molecule has 3 aromatic rings. The Bertz CT molecular complexity index is 1550. The number of methoxy groups -OCH3 is 2. The lowest BCUT2D eigenvalue weighted by Crippen LogP contribution is -2.41. The van der Waals surface area contributed by atoms with Gasteiger partial charge in [0.1, 0.15) is 5.00 Å². The number of nitrogens with one attached hydrogen (secondary N) is 1. The Morgan fingerprint density at radius 1 is 0.956 bits per heavy atom. The average molecular weight is 657 g/mol. The third-order valence-corrected chi connectivity index (χ3v) is 11.0. The largest absolute Gasteiger partial charge is 0.383 e. The van der Waals surface area contributed by atoms with Gasteiger partial charge in [0.05, 0.1) is 36.9 Å². The van der Waals surface area contributed by atoms with Gasteiger partial charge < -0.3 is 24.4 Å². The first-order valence-electron chi connectivity index (χ1n) is 15.0. The van der Waals surface area contributed by atoms with E-state index in [-0.39, 0.29) is 42.7 Å². The standard InChI is InChI=1S/C32H40N4O7S2/c1-41-18-16-36(17-19-42-2)45(39,40)26-10-8-25(9-11-26)30(37)33-31-29(32(38)35-14-20-43-21-15-35)27-12-13-34(23-28(27)44-31)22-24-6-4-3-5-7-24/h3-11H,12-23H2,1-2H3,(H,33,37). The van der Waals surface area contributed by atoms with Crippen LogP contribution in [0.25, 0.3) is 0 Å². The van der Waals surface area contributed by atoms with E-state index in [0.29, 0.717) is 49.8 Å². The van der Waals surface area contributed by atoms with Crippen molar-refractivity contribution in [2.45, 2.75) is 24.4 Å². The van der Waals surface area contributed by atoms with Gasteiger partial charge in [-0.25, -0.2) is 8.42 Å². The molecule has 0 atom stereocenters. The maximum absolute atomic E-state index is 13.8. The number of rotatable bonds is 13. The van der Waals surface area contributed by atoms with E-state index >= 15 is 0 Å². The minimum atomic E-state index is -3.83. The van der Waals surface area contributed by atoms with E-state index in [1.54, 1.807) is 4.90 Å². The van der Waals surface area contributed by atoms with Crippen molar-refractivity contribution in [1.29, 1.82) is 0 Å². The molecule has 1 aromatic heterocycles. The molecule has 1 N–H and O–H groups in total. The summed E-state index contributed by atoms with van der Waals surface area (Å²) in [6.45, 7) is 5.08. The van der Waals surface area contributed by atoms with Crippen molar-refractivity contribution < 1.29 is 32.2 Å². The molecule has 1 saturated heterocycles. The normalized spacial score (nSPS) is 15.7. The van der Waals surface area contributed by atoms with E-state index < -0.39 is 15.9 Å². The molecule has 0 bridgehead atoms. The van der Waals surface area contributed by atoms with Gasteiger partial charge in [-0.1, -0.05) is 30.3 Å². The molecular weight excluding hydrogens is 617 g/mol. The molecule has 0 aliphatic carbocycles. The number of carbonyl (C=O) groups excluding carboxylic acids is 2. The third kappa shape index (κ3) is 7.98. The van der Waals surface area contributed by atoms with Crippen LogP contribution in [0.1, 0.15) is 36.7 Å². The van der Waals surface area contributed by atoms with Crippen LogP contribution < -0.4 is 5.32 Å². The minimum absolute atomic E-state index is 0.0690. The van der Waals surface area contributed by atoms with Crippen molar-refractivity contribution >= 4 is 38.2 Å². The summed E-state index contributed by atoms with van der Waals surface area (Å²) in [5.41, 5.74) is 3.05. The van der Waals surface area contributed by atoms with Crippen LogP contribution in [0, 0.1) is 0 Å². The first kappa shape index (κ1) is 33.2. The van der Waals surface area contributed by atoms with Gasteiger partial charge in [-0.15, -0.1) is 11.3 Å². The van der Waals surface area contributed by atoms with Crippen molar-refractivity contribution in [2.75, 3.05) is 78.7 Å². The lowest BCUT2D eigenvalue weighted by molar-refractivity contribution is 0.0302. The van der Waals surface area contributed by atoms with Gasteiger partial charge in [0.25, 0.3) is 11.8 Å². The zero-order chi connectivity index (χ0) is 31.8. The molecule has 1 fully saturated rings. The Hall–Kier alpha value is -3.17. The second-order valence-corrected chi connectivity index (χ2v) is 14.0. The van der Waals surface area contributed by atoms with E-state index in [4.69, 9.17) is 14.2 Å². The lowest BCUT2D eigenvalue weighted by atomic mass is 10.0. The monoisotopic (exact) mass is 656 g/mol. The Labute approximate surface area is 268 Å². The van der Waals surface area contributed by atoms with Gasteiger partial charge in [0.2, 0.25) is 10.0 Å². The maximum atomic E-state index is 13.8. The molecule has 5 rings (SSSR count). The molecule has 2 aliphatic rings. The highest BCUT2D eigenvalue weighted by atomic mass is 32.2. The number of hydrogen-bond donors (Lipinski definition) is 1. The molecule has 3 heterocycles. The Morgan fingerprint density at radius 2 is 1.62 bits per heavy atom. The van der Waals surface area contributed by atoms with Crippen LogP contribution in [-0.4, -0.2) is 108 Å². The highest BCUT2D eigenvalue weighted by molar-refractivity contribution is 7.89. The predicted molar refractivity (Wildman–Crippen MR) is 172 cm³/mol. The maximum Gasteiger partial charge on any atom is 0.257 e. The highest BCUT2D eigenvalue weighted by Crippen LogP contribution is 2.38. The highest BCUT2D eigenvalue weighted by Gasteiger charge is 2.32. The van der Waals surface area contributed by atoms with E-state index in [0.717, 1.165) is 23.5 Å². The fraction of sp³-hybridized carbons (Fsp3) is 0.438. The van der Waals surface area contributed by atoms with E-state index in [1.807, 2.05) is 18.2 Å². The van der Waals surface area contributed by atoms with Crippen LogP contribution in [0.3, 0.4) is 0 Å². The molecule has 45 heavy (non-hydrogen) atoms. The van der Waals surface area contributed by atoms with Crippen molar-refractivity contribution in [2.24, 2.45) is 0 Å². The number of fused-ring (bicyclic) bond motifs is 1. The summed E-state index contributed by atoms with van der Waals surface area (Å²) in [5, 5.41) is 3.51. The van der Waals surface area contributed by atoms with E-state index in [2.05, 4.69) is 22.3 Å². The van der Waals surface area contributed by atoms with Crippen LogP contribution in [0.15, 0.2) is 59.5 Å². The number of sulfonamides is 1. The second-order valence-electron chi connectivity index (χ2n) is 10.9. The fourth-order valence-electron chi connectivity index (χ4n) is 5.51. The molecule has 2 aromatic carbocycles. The topological polar surface area (TPSA) is 118 Å². The van der Waals surface area contributed by atoms with Crippen molar-refractivity contribution in [3.63, 3.8) is 0 Å².